The second-order valence-electron chi connectivity index (χ2n) is 7.03. The Morgan fingerprint density at radius 2 is 1.81 bits per heavy atom. The lowest BCUT2D eigenvalue weighted by Crippen LogP contribution is -3.16. The normalized spacial score (nSPS) is 21.9. The number of benzene rings is 1. The number of quaternary nitrogens is 1. The Morgan fingerprint density at radius 3 is 2.35 bits per heavy atom. The van der Waals surface area contributed by atoms with Gasteiger partial charge in [0.05, 0.1) is 26.2 Å². The van der Waals surface area contributed by atoms with Gasteiger partial charge in [-0.25, -0.2) is 22.5 Å². The molecule has 0 saturated carbocycles. The fraction of sp³-hybridized carbons (Fsp3) is 0.500. The molecule has 2 aliphatic heterocycles. The largest absolute Gasteiger partial charge is 0.329 e. The summed E-state index contributed by atoms with van der Waals surface area (Å²) in [5, 5.41) is 2.62. The Balaban J connectivity index is 1.64. The Hall–Kier alpha value is -2.04. The van der Waals surface area contributed by atoms with Crippen LogP contribution in [0.3, 0.4) is 0 Å². The minimum Gasteiger partial charge on any atom is -0.323 e. The van der Waals surface area contributed by atoms with Crippen LogP contribution in [0.5, 0.6) is 0 Å². The summed E-state index contributed by atoms with van der Waals surface area (Å²) in [5.41, 5.74) is -0.924. The van der Waals surface area contributed by atoms with Gasteiger partial charge in [0.1, 0.15) is 16.3 Å². The molecule has 142 valence electrons. The molecule has 0 unspecified atom stereocenters. The zero-order valence-corrected chi connectivity index (χ0v) is 15.5. The molecule has 8 nitrogen and oxygen atoms in total. The van der Waals surface area contributed by atoms with Crippen LogP contribution < -0.4 is 10.2 Å². The number of nitrogens with zero attached hydrogens (tertiary/aromatic N) is 2. The van der Waals surface area contributed by atoms with Crippen molar-refractivity contribution in [1.29, 1.82) is 0 Å². The number of piperazine rings is 1. The highest BCUT2D eigenvalue weighted by molar-refractivity contribution is 7.89. The summed E-state index contributed by atoms with van der Waals surface area (Å²) in [4.78, 5) is 25.9. The minimum atomic E-state index is -3.90. The molecule has 26 heavy (non-hydrogen) atoms. The first-order valence-corrected chi connectivity index (χ1v) is 9.79. The van der Waals surface area contributed by atoms with E-state index in [-0.39, 0.29) is 30.6 Å². The van der Waals surface area contributed by atoms with Gasteiger partial charge in [0.15, 0.2) is 6.67 Å². The maximum atomic E-state index is 13.8. The summed E-state index contributed by atoms with van der Waals surface area (Å²) in [6, 6.07) is 4.86. The molecule has 0 spiro atoms. The summed E-state index contributed by atoms with van der Waals surface area (Å²) in [6.45, 7) is 4.69. The van der Waals surface area contributed by atoms with E-state index in [0.29, 0.717) is 13.1 Å². The number of sulfonamides is 1. The van der Waals surface area contributed by atoms with E-state index in [1.54, 1.807) is 13.8 Å². The summed E-state index contributed by atoms with van der Waals surface area (Å²) < 4.78 is 40.3. The SMILES string of the molecule is CC1(C)NC(=O)N(C[NH+]2CCN(S(=O)(=O)c3ccccc3F)CC2)C1=O. The number of urea groups is 1. The van der Waals surface area contributed by atoms with E-state index in [1.165, 1.54) is 22.5 Å². The van der Waals surface area contributed by atoms with Crippen LogP contribution >= 0.6 is 0 Å². The minimum absolute atomic E-state index is 0.182. The molecular formula is C16H22FN4O4S+. The summed E-state index contributed by atoms with van der Waals surface area (Å²) in [6.07, 6.45) is 0. The molecule has 0 aliphatic carbocycles. The highest BCUT2D eigenvalue weighted by Crippen LogP contribution is 2.19. The van der Waals surface area contributed by atoms with E-state index in [0.717, 1.165) is 15.9 Å². The lowest BCUT2D eigenvalue weighted by atomic mass is 10.1. The first-order valence-electron chi connectivity index (χ1n) is 8.35. The van der Waals surface area contributed by atoms with Crippen molar-refractivity contribution in [2.75, 3.05) is 32.8 Å². The van der Waals surface area contributed by atoms with E-state index in [1.807, 2.05) is 0 Å². The molecule has 3 amide bonds. The topological polar surface area (TPSA) is 91.2 Å². The van der Waals surface area contributed by atoms with Gasteiger partial charge >= 0.3 is 6.03 Å². The van der Waals surface area contributed by atoms with Crippen LogP contribution in [0.15, 0.2) is 29.2 Å². The van der Waals surface area contributed by atoms with Crippen LogP contribution in [0.2, 0.25) is 0 Å². The van der Waals surface area contributed by atoms with Crippen molar-refractivity contribution in [2.24, 2.45) is 0 Å². The number of rotatable bonds is 4. The molecule has 0 radical (unpaired) electrons. The van der Waals surface area contributed by atoms with Crippen molar-refractivity contribution in [3.05, 3.63) is 30.1 Å². The van der Waals surface area contributed by atoms with Crippen molar-refractivity contribution in [2.45, 2.75) is 24.3 Å². The van der Waals surface area contributed by atoms with E-state index >= 15 is 0 Å². The number of hydrogen-bond donors (Lipinski definition) is 2. The third-order valence-corrected chi connectivity index (χ3v) is 6.64. The fourth-order valence-electron chi connectivity index (χ4n) is 3.18. The molecular weight excluding hydrogens is 363 g/mol. The molecule has 0 aromatic heterocycles. The van der Waals surface area contributed by atoms with Crippen LogP contribution in [-0.2, 0) is 14.8 Å². The van der Waals surface area contributed by atoms with Crippen LogP contribution in [0.1, 0.15) is 13.8 Å². The average Bonchev–Trinajstić information content (AvgIpc) is 2.77. The second kappa shape index (κ2) is 6.60. The Kier molecular flexibility index (Phi) is 4.76. The first kappa shape index (κ1) is 18.7. The number of carbonyl (C=O) groups excluding carboxylic acids is 2. The Bertz CT molecular complexity index is 834. The monoisotopic (exact) mass is 385 g/mol. The average molecular weight is 385 g/mol. The van der Waals surface area contributed by atoms with Crippen LogP contribution in [0, 0.1) is 5.82 Å². The predicted octanol–water partition coefficient (Wildman–Crippen LogP) is -0.997. The van der Waals surface area contributed by atoms with Gasteiger partial charge in [0, 0.05) is 0 Å². The molecule has 2 N–H and O–H groups in total. The zero-order valence-electron chi connectivity index (χ0n) is 14.7. The van der Waals surface area contributed by atoms with Crippen molar-refractivity contribution in [1.82, 2.24) is 14.5 Å². The number of halogens is 1. The molecule has 1 aromatic carbocycles. The van der Waals surface area contributed by atoms with Gasteiger partial charge < -0.3 is 10.2 Å². The highest BCUT2D eigenvalue weighted by atomic mass is 32.2. The Morgan fingerprint density at radius 1 is 1.19 bits per heavy atom. The molecule has 3 rings (SSSR count). The smallest absolute Gasteiger partial charge is 0.323 e. The summed E-state index contributed by atoms with van der Waals surface area (Å²) in [7, 11) is -3.90. The number of carbonyl (C=O) groups is 2. The van der Waals surface area contributed by atoms with Crippen molar-refractivity contribution < 1.29 is 27.3 Å². The lowest BCUT2D eigenvalue weighted by Gasteiger charge is -2.32. The van der Waals surface area contributed by atoms with Gasteiger partial charge in [-0.1, -0.05) is 12.1 Å². The third kappa shape index (κ3) is 3.31. The summed E-state index contributed by atoms with van der Waals surface area (Å²) >= 11 is 0. The molecule has 0 atom stereocenters. The van der Waals surface area contributed by atoms with Crippen molar-refractivity contribution >= 4 is 22.0 Å². The van der Waals surface area contributed by atoms with Gasteiger partial charge in [-0.05, 0) is 26.0 Å². The van der Waals surface area contributed by atoms with E-state index < -0.39 is 27.4 Å². The van der Waals surface area contributed by atoms with Gasteiger partial charge in [-0.3, -0.25) is 4.79 Å². The summed E-state index contributed by atoms with van der Waals surface area (Å²) in [5.74, 6) is -1.07. The number of hydrogen-bond acceptors (Lipinski definition) is 4. The molecule has 2 aliphatic rings. The fourth-order valence-corrected chi connectivity index (χ4v) is 4.69. The predicted molar refractivity (Wildman–Crippen MR) is 90.2 cm³/mol. The molecule has 1 aromatic rings. The number of amides is 3. The highest BCUT2D eigenvalue weighted by Gasteiger charge is 2.46. The maximum Gasteiger partial charge on any atom is 0.329 e. The van der Waals surface area contributed by atoms with E-state index in [9.17, 15) is 22.4 Å². The van der Waals surface area contributed by atoms with Crippen LogP contribution in [0.4, 0.5) is 9.18 Å². The molecule has 2 fully saturated rings. The maximum absolute atomic E-state index is 13.8. The molecule has 0 bridgehead atoms. The van der Waals surface area contributed by atoms with Gasteiger partial charge in [-0.15, -0.1) is 0 Å². The van der Waals surface area contributed by atoms with Gasteiger partial charge in [0.25, 0.3) is 5.91 Å². The van der Waals surface area contributed by atoms with E-state index in [2.05, 4.69) is 5.32 Å². The molecule has 2 heterocycles. The van der Waals surface area contributed by atoms with Crippen molar-refractivity contribution in [3.63, 3.8) is 0 Å². The molecule has 10 heteroatoms. The second-order valence-corrected chi connectivity index (χ2v) is 8.94. The van der Waals surface area contributed by atoms with Gasteiger partial charge in [0.2, 0.25) is 10.0 Å². The van der Waals surface area contributed by atoms with Gasteiger partial charge in [-0.2, -0.15) is 4.31 Å². The third-order valence-electron chi connectivity index (χ3n) is 4.71. The standard InChI is InChI=1S/C16H21FN4O4S/c1-16(2)14(22)21(15(23)18-16)11-19-7-9-20(10-8-19)26(24,25)13-6-4-3-5-12(13)17/h3-6H,7-11H2,1-2H3,(H,18,23)/p+1. The zero-order chi connectivity index (χ0) is 19.1. The molecule has 2 saturated heterocycles. The van der Waals surface area contributed by atoms with E-state index in [4.69, 9.17) is 0 Å². The Labute approximate surface area is 151 Å². The van der Waals surface area contributed by atoms with Crippen LogP contribution in [-0.4, -0.2) is 67.9 Å². The quantitative estimate of drug-likeness (QED) is 0.651. The van der Waals surface area contributed by atoms with Crippen molar-refractivity contribution in [3.8, 4) is 0 Å². The van der Waals surface area contributed by atoms with Crippen LogP contribution in [0.25, 0.3) is 0 Å². The number of nitrogens with one attached hydrogen (secondary N) is 2. The first-order chi connectivity index (χ1) is 12.1. The number of imide groups is 1. The lowest BCUT2D eigenvalue weighted by molar-refractivity contribution is -0.910.